The molecule has 2 rings (SSSR count). The van der Waals surface area contributed by atoms with Gasteiger partial charge in [-0.1, -0.05) is 36.4 Å². The highest BCUT2D eigenvalue weighted by molar-refractivity contribution is 7.98. The lowest BCUT2D eigenvalue weighted by molar-refractivity contribution is -0.142. The van der Waals surface area contributed by atoms with Gasteiger partial charge in [-0.25, -0.2) is 4.79 Å². The first kappa shape index (κ1) is 20.8. The number of nitrogens with one attached hydrogen (secondary N) is 1. The zero-order chi connectivity index (χ0) is 19.6. The van der Waals surface area contributed by atoms with E-state index >= 15 is 0 Å². The number of hydrogen-bond donors (Lipinski definition) is 2. The molecule has 0 saturated carbocycles. The van der Waals surface area contributed by atoms with Gasteiger partial charge in [-0.3, -0.25) is 4.79 Å². The number of methoxy groups -OCH3 is 1. The Kier molecular flexibility index (Phi) is 8.20. The van der Waals surface area contributed by atoms with Crippen molar-refractivity contribution < 1.29 is 14.3 Å². The van der Waals surface area contributed by atoms with Crippen molar-refractivity contribution in [3.8, 4) is 0 Å². The normalized spacial score (nSPS) is 11.6. The van der Waals surface area contributed by atoms with Crippen LogP contribution >= 0.6 is 11.8 Å². The van der Waals surface area contributed by atoms with Crippen LogP contribution in [0.5, 0.6) is 0 Å². The van der Waals surface area contributed by atoms with E-state index in [9.17, 15) is 9.59 Å². The molecule has 0 aliphatic carbocycles. The highest BCUT2D eigenvalue weighted by Crippen LogP contribution is 2.17. The molecule has 27 heavy (non-hydrogen) atoms. The summed E-state index contributed by atoms with van der Waals surface area (Å²) >= 11 is 1.61. The van der Waals surface area contributed by atoms with Gasteiger partial charge in [-0.2, -0.15) is 11.8 Å². The molecule has 0 aliphatic heterocycles. The minimum Gasteiger partial charge on any atom is -0.467 e. The average molecular weight is 387 g/mol. The van der Waals surface area contributed by atoms with Crippen molar-refractivity contribution in [2.75, 3.05) is 24.9 Å². The van der Waals surface area contributed by atoms with Crippen LogP contribution in [0.4, 0.5) is 5.69 Å². The van der Waals surface area contributed by atoms with E-state index in [1.165, 1.54) is 12.7 Å². The molecule has 0 radical (unpaired) electrons. The number of aryl methyl sites for hydroxylation is 2. The van der Waals surface area contributed by atoms with Crippen LogP contribution in [0, 0.1) is 0 Å². The molecular weight excluding hydrogens is 360 g/mol. The van der Waals surface area contributed by atoms with Crippen molar-refractivity contribution >= 4 is 29.3 Å². The first-order valence-electron chi connectivity index (χ1n) is 8.85. The number of nitrogen functional groups attached to an aromatic ring is 1. The Morgan fingerprint density at radius 2 is 1.89 bits per heavy atom. The molecule has 3 N–H and O–H groups in total. The zero-order valence-electron chi connectivity index (χ0n) is 15.7. The van der Waals surface area contributed by atoms with Crippen LogP contribution in [0.2, 0.25) is 0 Å². The molecule has 0 fully saturated rings. The van der Waals surface area contributed by atoms with E-state index in [4.69, 9.17) is 10.5 Å². The van der Waals surface area contributed by atoms with Crippen molar-refractivity contribution in [2.45, 2.75) is 25.3 Å². The highest BCUT2D eigenvalue weighted by Gasteiger charge is 2.23. The molecule has 2 aromatic rings. The van der Waals surface area contributed by atoms with Gasteiger partial charge in [-0.05, 0) is 54.5 Å². The minimum atomic E-state index is -0.668. The first-order chi connectivity index (χ1) is 13.0. The number of ether oxygens (including phenoxy) is 1. The smallest absolute Gasteiger partial charge is 0.328 e. The number of amides is 1. The fourth-order valence-corrected chi connectivity index (χ4v) is 3.28. The Balaban J connectivity index is 2.15. The SMILES string of the molecule is COC(=O)[C@H](CCSC)NC(=O)c1cc(N)ccc1CCc1ccccc1. The molecule has 0 spiro atoms. The summed E-state index contributed by atoms with van der Waals surface area (Å²) < 4.78 is 4.82. The molecule has 2 aromatic carbocycles. The molecule has 6 heteroatoms. The Bertz CT molecular complexity index is 765. The maximum atomic E-state index is 12.8. The highest BCUT2D eigenvalue weighted by atomic mass is 32.2. The van der Waals surface area contributed by atoms with E-state index in [2.05, 4.69) is 17.4 Å². The maximum Gasteiger partial charge on any atom is 0.328 e. The molecule has 1 atom stereocenters. The van der Waals surface area contributed by atoms with Crippen molar-refractivity contribution in [3.05, 3.63) is 65.2 Å². The third kappa shape index (κ3) is 6.32. The Labute approximate surface area is 164 Å². The molecular formula is C21H26N2O3S. The van der Waals surface area contributed by atoms with E-state index in [1.807, 2.05) is 30.5 Å². The topological polar surface area (TPSA) is 81.4 Å². The monoisotopic (exact) mass is 386 g/mol. The number of benzene rings is 2. The predicted octanol–water partition coefficient (Wildman–Crippen LogP) is 3.08. The molecule has 0 saturated heterocycles. The van der Waals surface area contributed by atoms with Gasteiger partial charge in [0.15, 0.2) is 0 Å². The number of carbonyl (C=O) groups excluding carboxylic acids is 2. The van der Waals surface area contributed by atoms with Crippen molar-refractivity contribution in [3.63, 3.8) is 0 Å². The number of nitrogens with two attached hydrogens (primary N) is 1. The zero-order valence-corrected chi connectivity index (χ0v) is 16.6. The second kappa shape index (κ2) is 10.6. The standard InChI is InChI=1S/C21H26N2O3S/c1-26-21(25)19(12-13-27-2)23-20(24)18-14-17(22)11-10-16(18)9-8-15-6-4-3-5-7-15/h3-7,10-11,14,19H,8-9,12-13,22H2,1-2H3,(H,23,24)/t19-/m0/s1. The molecule has 0 aliphatic rings. The summed E-state index contributed by atoms with van der Waals surface area (Å²) in [5, 5.41) is 2.80. The van der Waals surface area contributed by atoms with Gasteiger partial charge in [0.2, 0.25) is 0 Å². The Morgan fingerprint density at radius 3 is 2.56 bits per heavy atom. The van der Waals surface area contributed by atoms with E-state index in [0.717, 1.165) is 17.7 Å². The van der Waals surface area contributed by atoms with Crippen LogP contribution in [0.1, 0.15) is 27.9 Å². The fraction of sp³-hybridized carbons (Fsp3) is 0.333. The molecule has 1 amide bonds. The van der Waals surface area contributed by atoms with Gasteiger partial charge in [0.1, 0.15) is 6.04 Å². The largest absolute Gasteiger partial charge is 0.467 e. The van der Waals surface area contributed by atoms with Crippen molar-refractivity contribution in [2.24, 2.45) is 0 Å². The maximum absolute atomic E-state index is 12.8. The van der Waals surface area contributed by atoms with Gasteiger partial charge in [0.25, 0.3) is 5.91 Å². The fourth-order valence-electron chi connectivity index (χ4n) is 2.81. The lowest BCUT2D eigenvalue weighted by Gasteiger charge is -2.18. The van der Waals surface area contributed by atoms with Gasteiger partial charge < -0.3 is 15.8 Å². The molecule has 144 valence electrons. The third-order valence-electron chi connectivity index (χ3n) is 4.31. The van der Waals surface area contributed by atoms with Crippen LogP contribution in [0.3, 0.4) is 0 Å². The Morgan fingerprint density at radius 1 is 1.15 bits per heavy atom. The summed E-state index contributed by atoms with van der Waals surface area (Å²) in [5.41, 5.74) is 9.02. The van der Waals surface area contributed by atoms with Gasteiger partial charge >= 0.3 is 5.97 Å². The number of carbonyl (C=O) groups is 2. The number of thioether (sulfide) groups is 1. The predicted molar refractivity (Wildman–Crippen MR) is 111 cm³/mol. The minimum absolute atomic E-state index is 0.304. The molecule has 0 aromatic heterocycles. The van der Waals surface area contributed by atoms with Crippen LogP contribution in [0.15, 0.2) is 48.5 Å². The molecule has 5 nitrogen and oxygen atoms in total. The lowest BCUT2D eigenvalue weighted by Crippen LogP contribution is -2.42. The quantitative estimate of drug-likeness (QED) is 0.511. The van der Waals surface area contributed by atoms with Gasteiger partial charge in [0, 0.05) is 11.3 Å². The summed E-state index contributed by atoms with van der Waals surface area (Å²) in [6, 6.07) is 14.8. The van der Waals surface area contributed by atoms with Gasteiger partial charge in [0.05, 0.1) is 7.11 Å². The number of esters is 1. The lowest BCUT2D eigenvalue weighted by atomic mass is 9.98. The Hall–Kier alpha value is -2.47. The first-order valence-corrected chi connectivity index (χ1v) is 10.2. The second-order valence-electron chi connectivity index (χ2n) is 6.23. The summed E-state index contributed by atoms with van der Waals surface area (Å²) in [7, 11) is 1.33. The summed E-state index contributed by atoms with van der Waals surface area (Å²) in [6.07, 6.45) is 4.00. The van der Waals surface area contributed by atoms with E-state index in [0.29, 0.717) is 24.1 Å². The third-order valence-corrected chi connectivity index (χ3v) is 4.95. The van der Waals surface area contributed by atoms with E-state index in [1.54, 1.807) is 23.9 Å². The van der Waals surface area contributed by atoms with E-state index < -0.39 is 12.0 Å². The molecule has 0 heterocycles. The van der Waals surface area contributed by atoms with Crippen LogP contribution in [-0.2, 0) is 22.4 Å². The van der Waals surface area contributed by atoms with Crippen molar-refractivity contribution in [1.82, 2.24) is 5.32 Å². The van der Waals surface area contributed by atoms with Crippen LogP contribution in [-0.4, -0.2) is 37.0 Å². The summed E-state index contributed by atoms with van der Waals surface area (Å²) in [5.74, 6) is 0.00619. The van der Waals surface area contributed by atoms with Gasteiger partial charge in [-0.15, -0.1) is 0 Å². The number of hydrogen-bond acceptors (Lipinski definition) is 5. The van der Waals surface area contributed by atoms with E-state index in [-0.39, 0.29) is 5.91 Å². The van der Waals surface area contributed by atoms with Crippen LogP contribution in [0.25, 0.3) is 0 Å². The van der Waals surface area contributed by atoms with Crippen LogP contribution < -0.4 is 11.1 Å². The molecule has 0 unspecified atom stereocenters. The van der Waals surface area contributed by atoms with Crippen molar-refractivity contribution in [1.29, 1.82) is 0 Å². The summed E-state index contributed by atoms with van der Waals surface area (Å²) in [4.78, 5) is 24.8. The average Bonchev–Trinajstić information content (AvgIpc) is 2.70. The summed E-state index contributed by atoms with van der Waals surface area (Å²) in [6.45, 7) is 0. The number of rotatable bonds is 9. The molecule has 0 bridgehead atoms. The number of anilines is 1. The second-order valence-corrected chi connectivity index (χ2v) is 7.22.